The van der Waals surface area contributed by atoms with Crippen LogP contribution in [0.2, 0.25) is 5.02 Å². The van der Waals surface area contributed by atoms with Crippen molar-refractivity contribution in [3.63, 3.8) is 0 Å². The summed E-state index contributed by atoms with van der Waals surface area (Å²) < 4.78 is 42.7. The monoisotopic (exact) mass is 604 g/mol. The molecule has 1 atom stereocenters. The van der Waals surface area contributed by atoms with Gasteiger partial charge in [0.15, 0.2) is 5.54 Å². The molecule has 1 saturated carbocycles. The van der Waals surface area contributed by atoms with Crippen molar-refractivity contribution < 1.29 is 13.2 Å². The Morgan fingerprint density at radius 1 is 1.09 bits per heavy atom. The first-order valence-electron chi connectivity index (χ1n) is 13.8. The number of pyridine rings is 2. The molecule has 0 aliphatic heterocycles. The molecule has 3 heterocycles. The summed E-state index contributed by atoms with van der Waals surface area (Å²) in [4.78, 5) is 8.83. The Balaban J connectivity index is 1.49. The van der Waals surface area contributed by atoms with Gasteiger partial charge in [-0.2, -0.15) is 18.4 Å². The van der Waals surface area contributed by atoms with Crippen LogP contribution in [0.1, 0.15) is 56.5 Å². The number of halogens is 4. The molecule has 2 aromatic carbocycles. The molecule has 1 aliphatic carbocycles. The molecule has 0 bridgehead atoms. The predicted molar refractivity (Wildman–Crippen MR) is 160 cm³/mol. The minimum Gasteiger partial charge on any atom is -0.383 e. The van der Waals surface area contributed by atoms with Crippen molar-refractivity contribution in [1.82, 2.24) is 25.0 Å². The molecule has 0 amide bonds. The topological polar surface area (TPSA) is 104 Å². The summed E-state index contributed by atoms with van der Waals surface area (Å²) in [6.07, 6.45) is 1.69. The van der Waals surface area contributed by atoms with Gasteiger partial charge in [0.1, 0.15) is 11.8 Å². The summed E-state index contributed by atoms with van der Waals surface area (Å²) in [6.45, 7) is 6.83. The molecular weight excluding hydrogens is 577 g/mol. The van der Waals surface area contributed by atoms with Gasteiger partial charge in [0.05, 0.1) is 34.0 Å². The predicted octanol–water partition coefficient (Wildman–Crippen LogP) is 7.61. The van der Waals surface area contributed by atoms with Crippen LogP contribution in [0.5, 0.6) is 0 Å². The van der Waals surface area contributed by atoms with E-state index in [1.807, 2.05) is 30.3 Å². The number of nitrogens with zero attached hydrogens (tertiary/aromatic N) is 6. The fourth-order valence-electron chi connectivity index (χ4n) is 5.20. The van der Waals surface area contributed by atoms with Crippen LogP contribution < -0.4 is 10.6 Å². The normalized spacial score (nSPS) is 15.3. The fourth-order valence-corrected chi connectivity index (χ4v) is 5.47. The van der Waals surface area contributed by atoms with Crippen LogP contribution in [-0.4, -0.2) is 37.7 Å². The number of benzene rings is 2. The molecule has 6 rings (SSSR count). The number of anilines is 2. The van der Waals surface area contributed by atoms with Gasteiger partial charge in [-0.15, -0.1) is 5.10 Å². The van der Waals surface area contributed by atoms with E-state index in [0.29, 0.717) is 50.7 Å². The average Bonchev–Trinajstić information content (AvgIpc) is 3.65. The lowest BCUT2D eigenvalue weighted by atomic mass is 9.96. The zero-order valence-corrected chi connectivity index (χ0v) is 24.4. The molecule has 0 spiro atoms. The quantitative estimate of drug-likeness (QED) is 0.197. The first kappa shape index (κ1) is 28.7. The zero-order chi connectivity index (χ0) is 30.6. The fraction of sp³-hybridized carbons (Fsp3) is 0.323. The third-order valence-electron chi connectivity index (χ3n) is 7.66. The Kier molecular flexibility index (Phi) is 6.92. The van der Waals surface area contributed by atoms with Crippen LogP contribution in [0.25, 0.3) is 21.7 Å². The van der Waals surface area contributed by atoms with Gasteiger partial charge in [0.25, 0.3) is 0 Å². The Bertz CT molecular complexity index is 1880. The molecule has 0 unspecified atom stereocenters. The lowest BCUT2D eigenvalue weighted by molar-refractivity contribution is -0.182. The van der Waals surface area contributed by atoms with E-state index in [1.165, 1.54) is 12.4 Å². The van der Waals surface area contributed by atoms with E-state index in [9.17, 15) is 18.4 Å². The first-order chi connectivity index (χ1) is 20.4. The van der Waals surface area contributed by atoms with Crippen LogP contribution in [0.3, 0.4) is 0 Å². The van der Waals surface area contributed by atoms with Gasteiger partial charge in [-0.05, 0) is 35.8 Å². The highest BCUT2D eigenvalue weighted by Crippen LogP contribution is 2.55. The second-order valence-electron chi connectivity index (χ2n) is 12.1. The van der Waals surface area contributed by atoms with Crippen molar-refractivity contribution in [2.24, 2.45) is 5.41 Å². The van der Waals surface area contributed by atoms with Gasteiger partial charge in [-0.3, -0.25) is 9.97 Å². The number of rotatable bonds is 7. The van der Waals surface area contributed by atoms with E-state index in [2.05, 4.69) is 57.8 Å². The van der Waals surface area contributed by atoms with Crippen molar-refractivity contribution in [3.8, 4) is 6.07 Å². The molecule has 2 N–H and O–H groups in total. The van der Waals surface area contributed by atoms with E-state index in [4.69, 9.17) is 11.6 Å². The highest BCUT2D eigenvalue weighted by molar-refractivity contribution is 6.35. The van der Waals surface area contributed by atoms with Crippen LogP contribution in [0.15, 0.2) is 61.2 Å². The first-order valence-corrected chi connectivity index (χ1v) is 14.1. The van der Waals surface area contributed by atoms with Crippen LogP contribution in [0, 0.1) is 16.7 Å². The van der Waals surface area contributed by atoms with E-state index < -0.39 is 17.8 Å². The highest BCUT2D eigenvalue weighted by Gasteiger charge is 2.66. The Hall–Kier alpha value is -4.43. The summed E-state index contributed by atoms with van der Waals surface area (Å²) in [6, 6.07) is 12.6. The van der Waals surface area contributed by atoms with E-state index in [0.717, 1.165) is 15.5 Å². The van der Waals surface area contributed by atoms with Gasteiger partial charge in [0, 0.05) is 47.2 Å². The largest absolute Gasteiger partial charge is 0.413 e. The number of nitrogens with one attached hydrogen (secondary N) is 2. The lowest BCUT2D eigenvalue weighted by Crippen LogP contribution is -2.35. The lowest BCUT2D eigenvalue weighted by Gasteiger charge is -2.23. The van der Waals surface area contributed by atoms with Gasteiger partial charge in [-0.1, -0.05) is 61.9 Å². The number of hydrogen-bond donors (Lipinski definition) is 2. The SMILES string of the molecule is CC(C)(C)CNc1c(C#N)cnc2c(Cl)cc(N[C@H](c3cn(C4(C(F)(F)F)CC4)nn3)c3cncc4ccccc34)cc12. The number of alkyl halides is 3. The third kappa shape index (κ3) is 5.31. The molecule has 220 valence electrons. The van der Waals surface area contributed by atoms with Crippen molar-refractivity contribution in [3.05, 3.63) is 83.0 Å². The molecular formula is C31H28ClF3N8. The summed E-state index contributed by atoms with van der Waals surface area (Å²) in [5.41, 5.74) is 0.908. The summed E-state index contributed by atoms with van der Waals surface area (Å²) >= 11 is 6.73. The molecule has 0 radical (unpaired) electrons. The maximum Gasteiger partial charge on any atom is 0.413 e. The molecule has 5 aromatic rings. The molecule has 12 heteroatoms. The Morgan fingerprint density at radius 3 is 2.56 bits per heavy atom. The number of fused-ring (bicyclic) bond motifs is 2. The highest BCUT2D eigenvalue weighted by atomic mass is 35.5. The molecule has 43 heavy (non-hydrogen) atoms. The number of nitriles is 1. The van der Waals surface area contributed by atoms with Crippen molar-refractivity contribution in [2.45, 2.75) is 51.4 Å². The van der Waals surface area contributed by atoms with Crippen LogP contribution in [0.4, 0.5) is 24.5 Å². The summed E-state index contributed by atoms with van der Waals surface area (Å²) in [7, 11) is 0. The van der Waals surface area contributed by atoms with Crippen molar-refractivity contribution in [1.29, 1.82) is 5.26 Å². The van der Waals surface area contributed by atoms with E-state index >= 15 is 0 Å². The smallest absolute Gasteiger partial charge is 0.383 e. The summed E-state index contributed by atoms with van der Waals surface area (Å²) in [5.74, 6) is 0. The van der Waals surface area contributed by atoms with Crippen molar-refractivity contribution in [2.75, 3.05) is 17.2 Å². The van der Waals surface area contributed by atoms with Crippen molar-refractivity contribution >= 4 is 44.7 Å². The van der Waals surface area contributed by atoms with Gasteiger partial charge in [0.2, 0.25) is 0 Å². The van der Waals surface area contributed by atoms with E-state index in [1.54, 1.807) is 18.5 Å². The third-order valence-corrected chi connectivity index (χ3v) is 7.95. The van der Waals surface area contributed by atoms with Gasteiger partial charge in [-0.25, -0.2) is 4.68 Å². The Morgan fingerprint density at radius 2 is 1.86 bits per heavy atom. The van der Waals surface area contributed by atoms with Gasteiger partial charge < -0.3 is 10.6 Å². The minimum absolute atomic E-state index is 0.0495. The second-order valence-corrected chi connectivity index (χ2v) is 12.5. The minimum atomic E-state index is -4.45. The van der Waals surface area contributed by atoms with Gasteiger partial charge >= 0.3 is 6.18 Å². The molecule has 1 fully saturated rings. The Labute approximate surface area is 250 Å². The standard InChI is InChI=1S/C31H28ClF3N8/c1-29(2,3)17-39-26-19(12-36)14-38-27-22(26)10-20(11-24(27)32)40-28(23-15-37-13-18-6-4-5-7-21(18)23)25-16-43(42-41-25)30(8-9-30)31(33,34)35/h4-7,10-11,13-16,28,40H,8-9,17H2,1-3H3,(H,38,39)/t28-/m0/s1. The molecule has 3 aromatic heterocycles. The second kappa shape index (κ2) is 10.4. The summed E-state index contributed by atoms with van der Waals surface area (Å²) in [5, 5.41) is 27.5. The van der Waals surface area contributed by atoms with E-state index in [-0.39, 0.29) is 18.3 Å². The zero-order valence-electron chi connectivity index (χ0n) is 23.7. The van der Waals surface area contributed by atoms with Crippen LogP contribution in [-0.2, 0) is 5.54 Å². The number of aromatic nitrogens is 5. The van der Waals surface area contributed by atoms with Crippen LogP contribution >= 0.6 is 11.6 Å². The molecule has 1 aliphatic rings. The number of hydrogen-bond acceptors (Lipinski definition) is 7. The molecule has 8 nitrogen and oxygen atoms in total. The molecule has 0 saturated heterocycles. The maximum atomic E-state index is 13.9. The maximum absolute atomic E-state index is 13.9. The average molecular weight is 605 g/mol.